The molecule has 1 heterocycles. The molecule has 0 saturated carbocycles. The van der Waals surface area contributed by atoms with Crippen LogP contribution in [0.4, 0.5) is 5.69 Å². The van der Waals surface area contributed by atoms with Gasteiger partial charge in [-0.3, -0.25) is 4.99 Å². The minimum atomic E-state index is -3.68. The Bertz CT molecular complexity index is 832. The predicted molar refractivity (Wildman–Crippen MR) is 88.0 cm³/mol. The highest BCUT2D eigenvalue weighted by molar-refractivity contribution is 7.89. The Morgan fingerprint density at radius 1 is 1.14 bits per heavy atom. The van der Waals surface area contributed by atoms with Crippen LogP contribution in [-0.2, 0) is 10.0 Å². The Morgan fingerprint density at radius 2 is 1.86 bits per heavy atom. The van der Waals surface area contributed by atoms with Crippen molar-refractivity contribution in [3.05, 3.63) is 59.1 Å². The van der Waals surface area contributed by atoms with Crippen molar-refractivity contribution in [3.8, 4) is 0 Å². The summed E-state index contributed by atoms with van der Waals surface area (Å²) < 4.78 is 22.6. The van der Waals surface area contributed by atoms with Crippen LogP contribution >= 0.6 is 11.6 Å². The number of nitrogens with zero attached hydrogens (tertiary/aromatic N) is 2. The van der Waals surface area contributed by atoms with E-state index in [0.717, 1.165) is 23.6 Å². The van der Waals surface area contributed by atoms with Gasteiger partial charge in [-0.1, -0.05) is 23.7 Å². The maximum atomic E-state index is 11.3. The lowest BCUT2D eigenvalue weighted by molar-refractivity contribution is 0.598. The average molecular weight is 336 g/mol. The van der Waals surface area contributed by atoms with E-state index in [1.807, 2.05) is 29.2 Å². The summed E-state index contributed by atoms with van der Waals surface area (Å²) in [5.41, 5.74) is 1.80. The number of benzene rings is 2. The number of hydrogen-bond acceptors (Lipinski definition) is 4. The molecule has 5 nitrogen and oxygen atoms in total. The van der Waals surface area contributed by atoms with Crippen LogP contribution in [0.3, 0.4) is 0 Å². The highest BCUT2D eigenvalue weighted by Gasteiger charge is 2.20. The van der Waals surface area contributed by atoms with Gasteiger partial charge in [0, 0.05) is 22.8 Å². The molecular formula is C15H14ClN3O2S. The fraction of sp³-hybridized carbons (Fsp3) is 0.133. The summed E-state index contributed by atoms with van der Waals surface area (Å²) in [5.74, 6) is 0.825. The van der Waals surface area contributed by atoms with E-state index in [1.54, 1.807) is 12.1 Å². The first-order valence-corrected chi connectivity index (χ1v) is 8.58. The molecule has 1 aliphatic rings. The number of sulfonamides is 1. The molecule has 0 amide bonds. The summed E-state index contributed by atoms with van der Waals surface area (Å²) in [6.45, 7) is 1.41. The van der Waals surface area contributed by atoms with Crippen molar-refractivity contribution in [2.45, 2.75) is 4.90 Å². The fourth-order valence-corrected chi connectivity index (χ4v) is 3.09. The van der Waals surface area contributed by atoms with Crippen LogP contribution in [0.2, 0.25) is 5.02 Å². The molecule has 0 aromatic heterocycles. The highest BCUT2D eigenvalue weighted by Crippen LogP contribution is 2.23. The summed E-state index contributed by atoms with van der Waals surface area (Å²) in [5, 5.41) is 5.77. The van der Waals surface area contributed by atoms with E-state index in [4.69, 9.17) is 16.7 Å². The number of primary sulfonamides is 1. The van der Waals surface area contributed by atoms with Crippen molar-refractivity contribution in [1.82, 2.24) is 0 Å². The van der Waals surface area contributed by atoms with Crippen molar-refractivity contribution >= 4 is 33.1 Å². The smallest absolute Gasteiger partial charge is 0.238 e. The molecule has 2 aromatic carbocycles. The second-order valence-electron chi connectivity index (χ2n) is 4.91. The maximum absolute atomic E-state index is 11.3. The van der Waals surface area contributed by atoms with E-state index in [-0.39, 0.29) is 4.90 Å². The van der Waals surface area contributed by atoms with E-state index in [0.29, 0.717) is 11.6 Å². The quantitative estimate of drug-likeness (QED) is 0.934. The zero-order valence-electron chi connectivity index (χ0n) is 11.6. The number of hydrogen-bond donors (Lipinski definition) is 1. The predicted octanol–water partition coefficient (Wildman–Crippen LogP) is 2.25. The van der Waals surface area contributed by atoms with E-state index in [9.17, 15) is 8.42 Å². The normalized spacial score (nSPS) is 15.0. The van der Waals surface area contributed by atoms with E-state index < -0.39 is 10.0 Å². The van der Waals surface area contributed by atoms with E-state index in [2.05, 4.69) is 4.99 Å². The standard InChI is InChI=1S/C15H14ClN3O2S/c16-12-3-1-2-11(10-12)15-18-8-9-19(15)13-4-6-14(7-5-13)22(17,20)21/h1-7,10H,8-9H2,(H2,17,20,21). The molecule has 2 aromatic rings. The fourth-order valence-electron chi connectivity index (χ4n) is 2.39. The SMILES string of the molecule is NS(=O)(=O)c1ccc(N2CCN=C2c2cccc(Cl)c2)cc1. The van der Waals surface area contributed by atoms with Crippen LogP contribution in [0.5, 0.6) is 0 Å². The molecule has 3 rings (SSSR count). The molecule has 0 saturated heterocycles. The molecule has 7 heteroatoms. The van der Waals surface area contributed by atoms with Gasteiger partial charge in [-0.25, -0.2) is 13.6 Å². The van der Waals surface area contributed by atoms with Gasteiger partial charge in [0.05, 0.1) is 11.4 Å². The average Bonchev–Trinajstić information content (AvgIpc) is 2.96. The number of aliphatic imine (C=N–C) groups is 1. The van der Waals surface area contributed by atoms with Crippen LogP contribution in [0.25, 0.3) is 0 Å². The van der Waals surface area contributed by atoms with E-state index in [1.165, 1.54) is 12.1 Å². The van der Waals surface area contributed by atoms with Gasteiger partial charge in [-0.15, -0.1) is 0 Å². The highest BCUT2D eigenvalue weighted by atomic mass is 35.5. The van der Waals surface area contributed by atoms with Crippen molar-refractivity contribution in [2.24, 2.45) is 10.1 Å². The monoisotopic (exact) mass is 335 g/mol. The Balaban J connectivity index is 1.93. The second-order valence-corrected chi connectivity index (χ2v) is 6.90. The minimum absolute atomic E-state index is 0.0942. The Kier molecular flexibility index (Phi) is 3.90. The molecule has 0 atom stereocenters. The molecule has 0 aliphatic carbocycles. The van der Waals surface area contributed by atoms with Gasteiger partial charge in [-0.2, -0.15) is 0 Å². The molecule has 1 aliphatic heterocycles. The maximum Gasteiger partial charge on any atom is 0.238 e. The van der Waals surface area contributed by atoms with Gasteiger partial charge >= 0.3 is 0 Å². The largest absolute Gasteiger partial charge is 0.324 e. The number of nitrogens with two attached hydrogens (primary N) is 1. The zero-order chi connectivity index (χ0) is 15.7. The van der Waals surface area contributed by atoms with Crippen LogP contribution in [-0.4, -0.2) is 27.3 Å². The molecule has 0 fully saturated rings. The lowest BCUT2D eigenvalue weighted by Gasteiger charge is -2.21. The minimum Gasteiger partial charge on any atom is -0.324 e. The van der Waals surface area contributed by atoms with Crippen molar-refractivity contribution < 1.29 is 8.42 Å². The Hall–Kier alpha value is -1.89. The van der Waals surface area contributed by atoms with Crippen molar-refractivity contribution in [1.29, 1.82) is 0 Å². The lowest BCUT2D eigenvalue weighted by Crippen LogP contribution is -2.28. The van der Waals surface area contributed by atoms with Crippen LogP contribution in [0, 0.1) is 0 Å². The first-order valence-electron chi connectivity index (χ1n) is 6.66. The van der Waals surface area contributed by atoms with Gasteiger partial charge in [0.15, 0.2) is 0 Å². The third kappa shape index (κ3) is 2.99. The van der Waals surface area contributed by atoms with Gasteiger partial charge in [0.1, 0.15) is 5.84 Å². The molecule has 0 unspecified atom stereocenters. The molecular weight excluding hydrogens is 322 g/mol. The van der Waals surface area contributed by atoms with E-state index >= 15 is 0 Å². The number of anilines is 1. The lowest BCUT2D eigenvalue weighted by atomic mass is 10.2. The Morgan fingerprint density at radius 3 is 2.50 bits per heavy atom. The summed E-state index contributed by atoms with van der Waals surface area (Å²) in [6, 6.07) is 13.9. The van der Waals surface area contributed by atoms with Gasteiger partial charge < -0.3 is 4.90 Å². The molecule has 22 heavy (non-hydrogen) atoms. The molecule has 2 N–H and O–H groups in total. The molecule has 0 bridgehead atoms. The van der Waals surface area contributed by atoms with Crippen LogP contribution in [0.15, 0.2) is 58.4 Å². The van der Waals surface area contributed by atoms with Crippen molar-refractivity contribution in [2.75, 3.05) is 18.0 Å². The van der Waals surface area contributed by atoms with Crippen LogP contribution < -0.4 is 10.0 Å². The molecule has 0 radical (unpaired) electrons. The summed E-state index contributed by atoms with van der Waals surface area (Å²) in [6.07, 6.45) is 0. The first kappa shape index (κ1) is 15.0. The number of rotatable bonds is 3. The summed E-state index contributed by atoms with van der Waals surface area (Å²) in [4.78, 5) is 6.64. The van der Waals surface area contributed by atoms with Crippen LogP contribution in [0.1, 0.15) is 5.56 Å². The second kappa shape index (κ2) is 5.72. The summed E-state index contributed by atoms with van der Waals surface area (Å²) in [7, 11) is -3.68. The van der Waals surface area contributed by atoms with Gasteiger partial charge in [0.2, 0.25) is 10.0 Å². The van der Waals surface area contributed by atoms with Gasteiger partial charge in [0.25, 0.3) is 0 Å². The topological polar surface area (TPSA) is 75.8 Å². The first-order chi connectivity index (χ1) is 10.4. The summed E-state index contributed by atoms with van der Waals surface area (Å²) >= 11 is 6.03. The van der Waals surface area contributed by atoms with Gasteiger partial charge in [-0.05, 0) is 36.4 Å². The molecule has 114 valence electrons. The number of amidine groups is 1. The third-order valence-corrected chi connectivity index (χ3v) is 4.56. The molecule has 0 spiro atoms. The zero-order valence-corrected chi connectivity index (χ0v) is 13.2. The number of halogens is 1. The third-order valence-electron chi connectivity index (χ3n) is 3.40. The Labute approximate surface area is 134 Å². The van der Waals surface area contributed by atoms with Crippen molar-refractivity contribution in [3.63, 3.8) is 0 Å².